The summed E-state index contributed by atoms with van der Waals surface area (Å²) in [7, 11) is 1.38. The Bertz CT molecular complexity index is 448. The second-order valence-electron chi connectivity index (χ2n) is 5.19. The summed E-state index contributed by atoms with van der Waals surface area (Å²) < 4.78 is 4.56. The van der Waals surface area contributed by atoms with Gasteiger partial charge in [0.2, 0.25) is 0 Å². The lowest BCUT2D eigenvalue weighted by Crippen LogP contribution is -2.38. The van der Waals surface area contributed by atoms with Crippen molar-refractivity contribution in [2.75, 3.05) is 20.2 Å². The zero-order chi connectivity index (χ0) is 16.2. The fraction of sp³-hybridized carbons (Fsp3) is 0.529. The maximum atomic E-state index is 11.7. The highest BCUT2D eigenvalue weighted by atomic mass is 16.5. The number of carbonyl (C=O) groups excluding carboxylic acids is 2. The average Bonchev–Trinajstić information content (AvgIpc) is 2.55. The first-order valence-electron chi connectivity index (χ1n) is 7.80. The molecule has 1 rings (SSSR count). The molecule has 122 valence electrons. The van der Waals surface area contributed by atoms with E-state index in [4.69, 9.17) is 0 Å². The molecule has 0 saturated carbocycles. The van der Waals surface area contributed by atoms with Crippen molar-refractivity contribution in [3.8, 4) is 0 Å². The van der Waals surface area contributed by atoms with Crippen LogP contribution in [0.1, 0.15) is 44.1 Å². The molecule has 0 aromatic heterocycles. The Morgan fingerprint density at radius 1 is 1.14 bits per heavy atom. The maximum absolute atomic E-state index is 11.7. The van der Waals surface area contributed by atoms with Gasteiger partial charge in [0.05, 0.1) is 7.11 Å². The van der Waals surface area contributed by atoms with E-state index >= 15 is 0 Å². The van der Waals surface area contributed by atoms with E-state index in [1.807, 2.05) is 18.2 Å². The van der Waals surface area contributed by atoms with Crippen LogP contribution in [-0.4, -0.2) is 32.2 Å². The van der Waals surface area contributed by atoms with Gasteiger partial charge in [-0.15, -0.1) is 0 Å². The number of carbonyl (C=O) groups is 2. The average molecular weight is 306 g/mol. The molecule has 5 heteroatoms. The summed E-state index contributed by atoms with van der Waals surface area (Å²) in [5, 5.41) is 5.70. The smallest absolute Gasteiger partial charge is 0.314 e. The van der Waals surface area contributed by atoms with Gasteiger partial charge < -0.3 is 15.4 Å². The minimum atomic E-state index is -0.210. The molecule has 1 atom stereocenters. The van der Waals surface area contributed by atoms with Crippen LogP contribution in [-0.2, 0) is 9.53 Å². The molecule has 0 aliphatic heterocycles. The molecule has 22 heavy (non-hydrogen) atoms. The number of amides is 2. The quantitative estimate of drug-likeness (QED) is 0.544. The number of rotatable bonds is 9. The highest BCUT2D eigenvalue weighted by Gasteiger charge is 2.10. The van der Waals surface area contributed by atoms with Crippen LogP contribution in [0.25, 0.3) is 0 Å². The van der Waals surface area contributed by atoms with Gasteiger partial charge >= 0.3 is 12.0 Å². The molecule has 1 aromatic rings. The Hall–Kier alpha value is -2.04. The van der Waals surface area contributed by atoms with Gasteiger partial charge in [-0.3, -0.25) is 4.79 Å². The standard InChI is InChI=1S/C17H26N2O3/c1-3-14(15-9-5-4-6-10-15)13-19-17(21)18-12-8-7-11-16(20)22-2/h4-6,9-10,14H,3,7-8,11-13H2,1-2H3,(H2,18,19,21). The molecule has 2 amide bonds. The lowest BCUT2D eigenvalue weighted by Gasteiger charge is -2.16. The Labute approximate surface area is 132 Å². The Balaban J connectivity index is 2.18. The Morgan fingerprint density at radius 3 is 2.50 bits per heavy atom. The molecule has 0 aliphatic rings. The number of nitrogens with one attached hydrogen (secondary N) is 2. The number of methoxy groups -OCH3 is 1. The monoisotopic (exact) mass is 306 g/mol. The molecule has 5 nitrogen and oxygen atoms in total. The Kier molecular flexibility index (Phi) is 8.72. The van der Waals surface area contributed by atoms with Crippen molar-refractivity contribution >= 4 is 12.0 Å². The van der Waals surface area contributed by atoms with Gasteiger partial charge in [-0.1, -0.05) is 37.3 Å². The number of unbranched alkanes of at least 4 members (excludes halogenated alkanes) is 1. The molecule has 0 spiro atoms. The summed E-state index contributed by atoms with van der Waals surface area (Å²) in [6.07, 6.45) is 2.85. The molecule has 0 radical (unpaired) electrons. The number of ether oxygens (including phenoxy) is 1. The molecule has 2 N–H and O–H groups in total. The predicted molar refractivity (Wildman–Crippen MR) is 86.7 cm³/mol. The zero-order valence-corrected chi connectivity index (χ0v) is 13.4. The first-order valence-corrected chi connectivity index (χ1v) is 7.80. The first-order chi connectivity index (χ1) is 10.7. The van der Waals surface area contributed by atoms with E-state index in [1.165, 1.54) is 12.7 Å². The molecule has 0 heterocycles. The minimum absolute atomic E-state index is 0.160. The molecule has 0 aliphatic carbocycles. The van der Waals surface area contributed by atoms with Crippen LogP contribution in [0.4, 0.5) is 4.79 Å². The van der Waals surface area contributed by atoms with Gasteiger partial charge in [-0.25, -0.2) is 4.79 Å². The summed E-state index contributed by atoms with van der Waals surface area (Å²) in [5.41, 5.74) is 1.24. The highest BCUT2D eigenvalue weighted by Crippen LogP contribution is 2.17. The van der Waals surface area contributed by atoms with E-state index in [-0.39, 0.29) is 12.0 Å². The van der Waals surface area contributed by atoms with Crippen molar-refractivity contribution in [1.82, 2.24) is 10.6 Å². The van der Waals surface area contributed by atoms with E-state index in [1.54, 1.807) is 0 Å². The Morgan fingerprint density at radius 2 is 1.86 bits per heavy atom. The molecule has 1 unspecified atom stereocenters. The normalized spacial score (nSPS) is 11.5. The van der Waals surface area contributed by atoms with Crippen molar-refractivity contribution in [1.29, 1.82) is 0 Å². The fourth-order valence-electron chi connectivity index (χ4n) is 2.20. The van der Waals surface area contributed by atoms with Crippen molar-refractivity contribution in [2.24, 2.45) is 0 Å². The second kappa shape index (κ2) is 10.7. The largest absolute Gasteiger partial charge is 0.469 e. The summed E-state index contributed by atoms with van der Waals surface area (Å²) >= 11 is 0. The zero-order valence-electron chi connectivity index (χ0n) is 13.4. The summed E-state index contributed by atoms with van der Waals surface area (Å²) in [6, 6.07) is 10.0. The van der Waals surface area contributed by atoms with Gasteiger partial charge in [0.15, 0.2) is 0 Å². The molecule has 1 aromatic carbocycles. The van der Waals surface area contributed by atoms with Crippen molar-refractivity contribution in [2.45, 2.75) is 38.5 Å². The van der Waals surface area contributed by atoms with Gasteiger partial charge in [0.25, 0.3) is 0 Å². The number of hydrogen-bond donors (Lipinski definition) is 2. The van der Waals surface area contributed by atoms with Crippen molar-refractivity contribution in [3.63, 3.8) is 0 Å². The van der Waals surface area contributed by atoms with Crippen LogP contribution in [0.3, 0.4) is 0 Å². The van der Waals surface area contributed by atoms with Crippen molar-refractivity contribution in [3.05, 3.63) is 35.9 Å². The van der Waals surface area contributed by atoms with Crippen LogP contribution in [0.5, 0.6) is 0 Å². The van der Waals surface area contributed by atoms with Crippen molar-refractivity contribution < 1.29 is 14.3 Å². The third kappa shape index (κ3) is 7.11. The van der Waals surface area contributed by atoms with Gasteiger partial charge in [0, 0.05) is 25.4 Å². The van der Waals surface area contributed by atoms with E-state index in [2.05, 4.69) is 34.4 Å². The van der Waals surface area contributed by atoms with Crippen LogP contribution in [0, 0.1) is 0 Å². The van der Waals surface area contributed by atoms with Gasteiger partial charge in [-0.05, 0) is 24.8 Å². The minimum Gasteiger partial charge on any atom is -0.469 e. The molecular weight excluding hydrogens is 280 g/mol. The third-order valence-corrected chi connectivity index (χ3v) is 3.59. The SMILES string of the molecule is CCC(CNC(=O)NCCCCC(=O)OC)c1ccccc1. The van der Waals surface area contributed by atoms with Gasteiger partial charge in [-0.2, -0.15) is 0 Å². The third-order valence-electron chi connectivity index (χ3n) is 3.59. The maximum Gasteiger partial charge on any atom is 0.314 e. The number of esters is 1. The van der Waals surface area contributed by atoms with E-state index < -0.39 is 0 Å². The number of hydrogen-bond acceptors (Lipinski definition) is 3. The molecular formula is C17H26N2O3. The molecule has 0 fully saturated rings. The second-order valence-corrected chi connectivity index (χ2v) is 5.19. The van der Waals surface area contributed by atoms with Crippen LogP contribution in [0.15, 0.2) is 30.3 Å². The predicted octanol–water partition coefficient (Wildman–Crippen LogP) is 2.82. The molecule has 0 saturated heterocycles. The summed E-state index contributed by atoms with van der Waals surface area (Å²) in [6.45, 7) is 3.30. The number of benzene rings is 1. The first kappa shape index (κ1) is 18.0. The van der Waals surface area contributed by atoms with E-state index in [0.29, 0.717) is 31.8 Å². The van der Waals surface area contributed by atoms with Gasteiger partial charge in [0.1, 0.15) is 0 Å². The van der Waals surface area contributed by atoms with Crippen LogP contribution in [0.2, 0.25) is 0 Å². The van der Waals surface area contributed by atoms with Crippen LogP contribution < -0.4 is 10.6 Å². The molecule has 0 bridgehead atoms. The lowest BCUT2D eigenvalue weighted by molar-refractivity contribution is -0.140. The van der Waals surface area contributed by atoms with E-state index in [9.17, 15) is 9.59 Å². The summed E-state index contributed by atoms with van der Waals surface area (Å²) in [4.78, 5) is 22.7. The number of urea groups is 1. The summed E-state index contributed by atoms with van der Waals surface area (Å²) in [5.74, 6) is 0.115. The van der Waals surface area contributed by atoms with Crippen LogP contribution >= 0.6 is 0 Å². The van der Waals surface area contributed by atoms with E-state index in [0.717, 1.165) is 12.8 Å². The highest BCUT2D eigenvalue weighted by molar-refractivity contribution is 5.73. The fourth-order valence-corrected chi connectivity index (χ4v) is 2.20. The lowest BCUT2D eigenvalue weighted by atomic mass is 9.97. The topological polar surface area (TPSA) is 67.4 Å².